The second-order valence-corrected chi connectivity index (χ2v) is 8.97. The Bertz CT molecular complexity index is 925. The highest BCUT2D eigenvalue weighted by Gasteiger charge is 2.54. The Hall–Kier alpha value is -2.62. The van der Waals surface area contributed by atoms with E-state index in [1.807, 2.05) is 38.1 Å². The van der Waals surface area contributed by atoms with Crippen LogP contribution in [0.4, 0.5) is 5.69 Å². The van der Waals surface area contributed by atoms with Gasteiger partial charge in [-0.25, -0.2) is 0 Å². The van der Waals surface area contributed by atoms with Gasteiger partial charge in [0.1, 0.15) is 0 Å². The third kappa shape index (κ3) is 3.68. The fraction of sp³-hybridized carbons (Fsp3) is 0.440. The van der Waals surface area contributed by atoms with Crippen molar-refractivity contribution >= 4 is 17.6 Å². The number of benzene rings is 2. The molecular weight excluding hydrogens is 362 g/mol. The highest BCUT2D eigenvalue weighted by molar-refractivity contribution is 5.91. The molecule has 1 saturated carbocycles. The van der Waals surface area contributed by atoms with Gasteiger partial charge in [-0.05, 0) is 80.2 Å². The molecule has 1 amide bonds. The first-order valence-electron chi connectivity index (χ1n) is 10.5. The van der Waals surface area contributed by atoms with E-state index in [-0.39, 0.29) is 11.9 Å². The Balaban J connectivity index is 1.42. The first-order valence-corrected chi connectivity index (χ1v) is 10.5. The van der Waals surface area contributed by atoms with Gasteiger partial charge < -0.3 is 10.1 Å². The van der Waals surface area contributed by atoms with Gasteiger partial charge in [-0.2, -0.15) is 0 Å². The number of carbonyl (C=O) groups excluding carboxylic acids is 2. The van der Waals surface area contributed by atoms with Crippen molar-refractivity contribution in [3.05, 3.63) is 65.2 Å². The van der Waals surface area contributed by atoms with Crippen LogP contribution in [-0.2, 0) is 26.2 Å². The van der Waals surface area contributed by atoms with E-state index in [0.717, 1.165) is 17.7 Å². The molecule has 2 aromatic carbocycles. The fourth-order valence-corrected chi connectivity index (χ4v) is 4.68. The molecule has 1 N–H and O–H groups in total. The molecule has 1 spiro atoms. The molecule has 0 heterocycles. The number of anilines is 1. The SMILES string of the molecule is CCOC(=O)C(C)(C)c1ccc(NC(=O)CC2c3ccccc3CC23CC3)cc1. The highest BCUT2D eigenvalue weighted by atomic mass is 16.5. The number of hydrogen-bond donors (Lipinski definition) is 1. The number of carbonyl (C=O) groups is 2. The van der Waals surface area contributed by atoms with Crippen LogP contribution in [0.15, 0.2) is 48.5 Å². The molecule has 1 fully saturated rings. The number of esters is 1. The second-order valence-electron chi connectivity index (χ2n) is 8.97. The summed E-state index contributed by atoms with van der Waals surface area (Å²) in [6.07, 6.45) is 4.07. The summed E-state index contributed by atoms with van der Waals surface area (Å²) in [5, 5.41) is 3.04. The lowest BCUT2D eigenvalue weighted by Crippen LogP contribution is -2.31. The van der Waals surface area contributed by atoms with Crippen LogP contribution in [0.5, 0.6) is 0 Å². The lowest BCUT2D eigenvalue weighted by atomic mass is 9.84. The van der Waals surface area contributed by atoms with E-state index in [1.165, 1.54) is 24.0 Å². The van der Waals surface area contributed by atoms with E-state index in [9.17, 15) is 9.59 Å². The van der Waals surface area contributed by atoms with Crippen LogP contribution in [0.2, 0.25) is 0 Å². The van der Waals surface area contributed by atoms with Gasteiger partial charge in [0.25, 0.3) is 0 Å². The van der Waals surface area contributed by atoms with Gasteiger partial charge in [-0.3, -0.25) is 9.59 Å². The van der Waals surface area contributed by atoms with Gasteiger partial charge in [-0.1, -0.05) is 36.4 Å². The number of rotatable bonds is 6. The van der Waals surface area contributed by atoms with Gasteiger partial charge in [0.05, 0.1) is 12.0 Å². The molecule has 2 aliphatic carbocycles. The van der Waals surface area contributed by atoms with Crippen molar-refractivity contribution in [2.24, 2.45) is 5.41 Å². The highest BCUT2D eigenvalue weighted by Crippen LogP contribution is 2.64. The minimum atomic E-state index is -0.718. The standard InChI is InChI=1S/C25H29NO3/c1-4-29-23(28)24(2,3)18-9-11-19(12-10-18)26-22(27)15-21-20-8-6-5-7-17(20)16-25(21)13-14-25/h5-12,21H,4,13-16H2,1-3H3,(H,26,27). The van der Waals surface area contributed by atoms with Crippen LogP contribution in [-0.4, -0.2) is 18.5 Å². The molecular formula is C25H29NO3. The van der Waals surface area contributed by atoms with Crippen molar-refractivity contribution in [3.8, 4) is 0 Å². The summed E-state index contributed by atoms with van der Waals surface area (Å²) in [5.41, 5.74) is 3.99. The third-order valence-electron chi connectivity index (χ3n) is 6.67. The Kier molecular flexibility index (Phi) is 4.97. The van der Waals surface area contributed by atoms with Crippen molar-refractivity contribution in [2.45, 2.75) is 57.8 Å². The zero-order valence-corrected chi connectivity index (χ0v) is 17.5. The summed E-state index contributed by atoms with van der Waals surface area (Å²) >= 11 is 0. The zero-order valence-electron chi connectivity index (χ0n) is 17.5. The van der Waals surface area contributed by atoms with E-state index in [2.05, 4.69) is 29.6 Å². The lowest BCUT2D eigenvalue weighted by Gasteiger charge is -2.23. The second kappa shape index (κ2) is 7.33. The van der Waals surface area contributed by atoms with Crippen LogP contribution in [0.1, 0.15) is 62.6 Å². The molecule has 152 valence electrons. The van der Waals surface area contributed by atoms with E-state index < -0.39 is 5.41 Å². The summed E-state index contributed by atoms with van der Waals surface area (Å²) in [7, 11) is 0. The van der Waals surface area contributed by atoms with Crippen molar-refractivity contribution in [3.63, 3.8) is 0 Å². The minimum Gasteiger partial charge on any atom is -0.465 e. The maximum atomic E-state index is 12.8. The first kappa shape index (κ1) is 19.7. The molecule has 0 radical (unpaired) electrons. The average molecular weight is 392 g/mol. The molecule has 2 aliphatic rings. The zero-order chi connectivity index (χ0) is 20.6. The predicted octanol–water partition coefficient (Wildman–Crippen LogP) is 4.98. The number of nitrogens with one attached hydrogen (secondary N) is 1. The number of amides is 1. The molecule has 4 rings (SSSR count). The van der Waals surface area contributed by atoms with E-state index in [4.69, 9.17) is 4.74 Å². The van der Waals surface area contributed by atoms with Gasteiger partial charge >= 0.3 is 5.97 Å². The number of ether oxygens (including phenoxy) is 1. The monoisotopic (exact) mass is 391 g/mol. The molecule has 4 heteroatoms. The fourth-order valence-electron chi connectivity index (χ4n) is 4.68. The molecule has 29 heavy (non-hydrogen) atoms. The van der Waals surface area contributed by atoms with E-state index in [1.54, 1.807) is 6.92 Å². The van der Waals surface area contributed by atoms with Crippen LogP contribution < -0.4 is 5.32 Å². The number of hydrogen-bond acceptors (Lipinski definition) is 3. The molecule has 0 bridgehead atoms. The summed E-state index contributed by atoms with van der Waals surface area (Å²) < 4.78 is 5.18. The van der Waals surface area contributed by atoms with Gasteiger partial charge in [0.2, 0.25) is 5.91 Å². The van der Waals surface area contributed by atoms with Gasteiger partial charge in [-0.15, -0.1) is 0 Å². The maximum Gasteiger partial charge on any atom is 0.315 e. The van der Waals surface area contributed by atoms with Crippen molar-refractivity contribution in [1.29, 1.82) is 0 Å². The Morgan fingerprint density at radius 2 is 1.79 bits per heavy atom. The average Bonchev–Trinajstić information content (AvgIpc) is 3.40. The maximum absolute atomic E-state index is 12.8. The van der Waals surface area contributed by atoms with Crippen LogP contribution >= 0.6 is 0 Å². The molecule has 1 unspecified atom stereocenters. The summed E-state index contributed by atoms with van der Waals surface area (Å²) in [6.45, 7) is 5.87. The smallest absolute Gasteiger partial charge is 0.315 e. The van der Waals surface area contributed by atoms with Gasteiger partial charge in [0, 0.05) is 12.1 Å². The molecule has 4 nitrogen and oxygen atoms in total. The predicted molar refractivity (Wildman–Crippen MR) is 114 cm³/mol. The molecule has 1 atom stereocenters. The molecule has 0 aromatic heterocycles. The normalized spacial score (nSPS) is 18.9. The molecule has 0 aliphatic heterocycles. The van der Waals surface area contributed by atoms with Crippen LogP contribution in [0.25, 0.3) is 0 Å². The molecule has 2 aromatic rings. The van der Waals surface area contributed by atoms with Crippen molar-refractivity contribution in [1.82, 2.24) is 0 Å². The van der Waals surface area contributed by atoms with Crippen LogP contribution in [0, 0.1) is 5.41 Å². The lowest BCUT2D eigenvalue weighted by molar-refractivity contribution is -0.148. The Morgan fingerprint density at radius 3 is 2.45 bits per heavy atom. The van der Waals surface area contributed by atoms with E-state index in [0.29, 0.717) is 24.4 Å². The number of fused-ring (bicyclic) bond motifs is 1. The summed E-state index contributed by atoms with van der Waals surface area (Å²) in [6, 6.07) is 16.1. The van der Waals surface area contributed by atoms with E-state index >= 15 is 0 Å². The first-order chi connectivity index (χ1) is 13.9. The Labute approximate surface area is 172 Å². The third-order valence-corrected chi connectivity index (χ3v) is 6.67. The quantitative estimate of drug-likeness (QED) is 0.707. The van der Waals surface area contributed by atoms with Crippen LogP contribution in [0.3, 0.4) is 0 Å². The summed E-state index contributed by atoms with van der Waals surface area (Å²) in [5.74, 6) is 0.127. The Morgan fingerprint density at radius 1 is 1.10 bits per heavy atom. The largest absolute Gasteiger partial charge is 0.465 e. The van der Waals surface area contributed by atoms with Gasteiger partial charge in [0.15, 0.2) is 0 Å². The van der Waals surface area contributed by atoms with Crippen molar-refractivity contribution in [2.75, 3.05) is 11.9 Å². The topological polar surface area (TPSA) is 55.4 Å². The summed E-state index contributed by atoms with van der Waals surface area (Å²) in [4.78, 5) is 25.0. The van der Waals surface area contributed by atoms with Crippen molar-refractivity contribution < 1.29 is 14.3 Å². The minimum absolute atomic E-state index is 0.0513. The molecule has 0 saturated heterocycles.